The van der Waals surface area contributed by atoms with Crippen molar-refractivity contribution < 1.29 is 22.4 Å². The number of hydrogen-bond donors (Lipinski definition) is 0. The molecular formula is C14H8F4O. The Morgan fingerprint density at radius 1 is 0.895 bits per heavy atom. The summed E-state index contributed by atoms with van der Waals surface area (Å²) in [7, 11) is 0. The molecule has 0 N–H and O–H groups in total. The Labute approximate surface area is 106 Å². The van der Waals surface area contributed by atoms with E-state index in [2.05, 4.69) is 0 Å². The highest BCUT2D eigenvalue weighted by Gasteiger charge is 2.15. The summed E-state index contributed by atoms with van der Waals surface area (Å²) in [6.07, 6.45) is -0.596. The van der Waals surface area contributed by atoms with Gasteiger partial charge in [0.05, 0.1) is 0 Å². The average molecular weight is 268 g/mol. The number of benzene rings is 2. The molecule has 0 saturated heterocycles. The first-order valence-electron chi connectivity index (χ1n) is 5.39. The second kappa shape index (κ2) is 5.22. The predicted molar refractivity (Wildman–Crippen MR) is 60.8 cm³/mol. The Morgan fingerprint density at radius 3 is 1.95 bits per heavy atom. The maximum atomic E-state index is 13.3. The Morgan fingerprint density at radius 2 is 1.42 bits per heavy atom. The van der Waals surface area contributed by atoms with E-state index in [0.29, 0.717) is 6.07 Å². The molecule has 0 heterocycles. The molecule has 0 aromatic heterocycles. The third kappa shape index (κ3) is 2.99. The molecule has 0 saturated carbocycles. The first kappa shape index (κ1) is 13.3. The minimum Gasteiger partial charge on any atom is -0.294 e. The molecule has 0 radical (unpaired) electrons. The van der Waals surface area contributed by atoms with Gasteiger partial charge in [0.15, 0.2) is 5.78 Å². The molecule has 0 aliphatic rings. The number of carbonyl (C=O) groups is 1. The van der Waals surface area contributed by atoms with Gasteiger partial charge < -0.3 is 0 Å². The molecule has 0 aliphatic carbocycles. The van der Waals surface area contributed by atoms with Crippen molar-refractivity contribution in [3.63, 3.8) is 0 Å². The van der Waals surface area contributed by atoms with Crippen LogP contribution in [-0.2, 0) is 6.42 Å². The fraction of sp³-hybridized carbons (Fsp3) is 0.0714. The van der Waals surface area contributed by atoms with Crippen LogP contribution in [0.1, 0.15) is 15.9 Å². The van der Waals surface area contributed by atoms with Gasteiger partial charge in [-0.2, -0.15) is 0 Å². The number of Topliss-reactive ketones (excluding diaryl/α,β-unsaturated/α-hetero) is 1. The van der Waals surface area contributed by atoms with E-state index in [9.17, 15) is 22.4 Å². The summed E-state index contributed by atoms with van der Waals surface area (Å²) in [5, 5.41) is 0. The second-order valence-electron chi connectivity index (χ2n) is 3.96. The van der Waals surface area contributed by atoms with Crippen LogP contribution in [0.2, 0.25) is 0 Å². The van der Waals surface area contributed by atoms with Crippen LogP contribution in [0.4, 0.5) is 17.6 Å². The van der Waals surface area contributed by atoms with Gasteiger partial charge in [-0.05, 0) is 24.3 Å². The molecule has 1 nitrogen and oxygen atoms in total. The lowest BCUT2D eigenvalue weighted by atomic mass is 10.0. The number of rotatable bonds is 3. The van der Waals surface area contributed by atoms with E-state index < -0.39 is 41.0 Å². The summed E-state index contributed by atoms with van der Waals surface area (Å²) >= 11 is 0. The Hall–Kier alpha value is -2.17. The summed E-state index contributed by atoms with van der Waals surface area (Å²) in [6, 6.07) is 5.45. The number of halogens is 4. The van der Waals surface area contributed by atoms with Crippen LogP contribution in [0.5, 0.6) is 0 Å². The van der Waals surface area contributed by atoms with Crippen molar-refractivity contribution in [1.29, 1.82) is 0 Å². The summed E-state index contributed by atoms with van der Waals surface area (Å²) in [5.41, 5.74) is -0.683. The van der Waals surface area contributed by atoms with Crippen molar-refractivity contribution >= 4 is 5.78 Å². The maximum absolute atomic E-state index is 13.3. The van der Waals surface area contributed by atoms with Crippen LogP contribution in [0, 0.1) is 23.3 Å². The zero-order valence-corrected chi connectivity index (χ0v) is 9.59. The lowest BCUT2D eigenvalue weighted by molar-refractivity contribution is 0.0989. The van der Waals surface area contributed by atoms with Gasteiger partial charge in [0.1, 0.15) is 23.3 Å². The van der Waals surface area contributed by atoms with E-state index in [1.807, 2.05) is 0 Å². The minimum atomic E-state index is -0.919. The van der Waals surface area contributed by atoms with E-state index >= 15 is 0 Å². The highest BCUT2D eigenvalue weighted by atomic mass is 19.1. The molecule has 98 valence electrons. The molecule has 0 bridgehead atoms. The smallest absolute Gasteiger partial charge is 0.167 e. The second-order valence-corrected chi connectivity index (χ2v) is 3.96. The van der Waals surface area contributed by atoms with E-state index in [1.165, 1.54) is 6.07 Å². The van der Waals surface area contributed by atoms with E-state index in [4.69, 9.17) is 0 Å². The zero-order valence-electron chi connectivity index (χ0n) is 9.59. The van der Waals surface area contributed by atoms with Crippen molar-refractivity contribution in [2.75, 3.05) is 0 Å². The van der Waals surface area contributed by atoms with Crippen molar-refractivity contribution in [3.8, 4) is 0 Å². The first-order valence-corrected chi connectivity index (χ1v) is 5.39. The molecule has 0 aliphatic heterocycles. The molecular weight excluding hydrogens is 260 g/mol. The van der Waals surface area contributed by atoms with Gasteiger partial charge in [-0.3, -0.25) is 4.79 Å². The van der Waals surface area contributed by atoms with E-state index in [0.717, 1.165) is 24.3 Å². The van der Waals surface area contributed by atoms with E-state index in [-0.39, 0.29) is 5.56 Å². The van der Waals surface area contributed by atoms with Crippen LogP contribution < -0.4 is 0 Å². The van der Waals surface area contributed by atoms with Gasteiger partial charge in [0, 0.05) is 23.6 Å². The Bertz CT molecular complexity index is 597. The summed E-state index contributed by atoms with van der Waals surface area (Å²) in [5.74, 6) is -4.34. The van der Waals surface area contributed by atoms with Crippen LogP contribution in [0.25, 0.3) is 0 Å². The number of carbonyl (C=O) groups excluding carboxylic acids is 1. The average Bonchev–Trinajstić information content (AvgIpc) is 2.32. The SMILES string of the molecule is O=C(Cc1c(F)cccc1F)c1cc(F)cc(F)c1. The maximum Gasteiger partial charge on any atom is 0.167 e. The Kier molecular flexibility index (Phi) is 3.64. The van der Waals surface area contributed by atoms with Crippen LogP contribution in [0.15, 0.2) is 36.4 Å². The molecule has 19 heavy (non-hydrogen) atoms. The van der Waals surface area contributed by atoms with Crippen LogP contribution in [-0.4, -0.2) is 5.78 Å². The largest absolute Gasteiger partial charge is 0.294 e. The predicted octanol–water partition coefficient (Wildman–Crippen LogP) is 3.67. The molecule has 0 amide bonds. The molecule has 2 aromatic rings. The van der Waals surface area contributed by atoms with E-state index in [1.54, 1.807) is 0 Å². The molecule has 0 atom stereocenters. The molecule has 2 rings (SSSR count). The van der Waals surface area contributed by atoms with Crippen molar-refractivity contribution in [2.45, 2.75) is 6.42 Å². The highest BCUT2D eigenvalue weighted by molar-refractivity contribution is 5.97. The molecule has 0 spiro atoms. The first-order chi connectivity index (χ1) is 8.97. The van der Waals surface area contributed by atoms with Crippen molar-refractivity contribution in [2.24, 2.45) is 0 Å². The zero-order chi connectivity index (χ0) is 14.0. The summed E-state index contributed by atoms with van der Waals surface area (Å²) in [6.45, 7) is 0. The van der Waals surface area contributed by atoms with Crippen LogP contribution >= 0.6 is 0 Å². The third-order valence-electron chi connectivity index (χ3n) is 2.58. The fourth-order valence-corrected chi connectivity index (χ4v) is 1.68. The highest BCUT2D eigenvalue weighted by Crippen LogP contribution is 2.16. The third-order valence-corrected chi connectivity index (χ3v) is 2.58. The standard InChI is InChI=1S/C14H8F4O/c15-9-4-8(5-10(16)6-9)14(19)7-11-12(17)2-1-3-13(11)18/h1-6H,7H2. The van der Waals surface area contributed by atoms with Gasteiger partial charge in [0.2, 0.25) is 0 Å². The van der Waals surface area contributed by atoms with Gasteiger partial charge >= 0.3 is 0 Å². The topological polar surface area (TPSA) is 17.1 Å². The van der Waals surface area contributed by atoms with Gasteiger partial charge in [-0.25, -0.2) is 17.6 Å². The lowest BCUT2D eigenvalue weighted by Crippen LogP contribution is -2.08. The summed E-state index contributed by atoms with van der Waals surface area (Å²) in [4.78, 5) is 11.8. The monoisotopic (exact) mass is 268 g/mol. The molecule has 2 aromatic carbocycles. The minimum absolute atomic E-state index is 0.264. The quantitative estimate of drug-likeness (QED) is 0.613. The molecule has 0 fully saturated rings. The van der Waals surface area contributed by atoms with Crippen molar-refractivity contribution in [3.05, 3.63) is 70.8 Å². The normalized spacial score (nSPS) is 10.5. The van der Waals surface area contributed by atoms with Crippen molar-refractivity contribution in [1.82, 2.24) is 0 Å². The summed E-state index contributed by atoms with van der Waals surface area (Å²) < 4.78 is 52.6. The fourth-order valence-electron chi connectivity index (χ4n) is 1.68. The van der Waals surface area contributed by atoms with Gasteiger partial charge in [-0.15, -0.1) is 0 Å². The lowest BCUT2D eigenvalue weighted by Gasteiger charge is -2.05. The molecule has 0 unspecified atom stereocenters. The number of ketones is 1. The van der Waals surface area contributed by atoms with Crippen LogP contribution in [0.3, 0.4) is 0 Å². The number of hydrogen-bond acceptors (Lipinski definition) is 1. The Balaban J connectivity index is 2.31. The molecule has 5 heteroatoms. The van der Waals surface area contributed by atoms with Gasteiger partial charge in [0.25, 0.3) is 0 Å². The van der Waals surface area contributed by atoms with Gasteiger partial charge in [-0.1, -0.05) is 6.07 Å².